The number of carbonyl (C=O) groups is 1. The Hall–Kier alpha value is -3.15. The number of nitrogens with one attached hydrogen (secondary N) is 1. The van der Waals surface area contributed by atoms with E-state index in [2.05, 4.69) is 20.3 Å². The minimum Gasteiger partial charge on any atom is -0.473 e. The average Bonchev–Trinajstić information content (AvgIpc) is 2.81. The Kier molecular flexibility index (Phi) is 7.02. The molecule has 1 aliphatic heterocycles. The van der Waals surface area contributed by atoms with E-state index in [-0.39, 0.29) is 19.1 Å². The molecule has 3 aromatic rings. The number of amides is 1. The highest BCUT2D eigenvalue weighted by molar-refractivity contribution is 7.88. The van der Waals surface area contributed by atoms with Crippen molar-refractivity contribution in [3.63, 3.8) is 0 Å². The summed E-state index contributed by atoms with van der Waals surface area (Å²) in [6.45, 7) is 6.35. The van der Waals surface area contributed by atoms with Gasteiger partial charge in [-0.1, -0.05) is 24.3 Å². The van der Waals surface area contributed by atoms with Gasteiger partial charge in [0.05, 0.1) is 29.6 Å². The van der Waals surface area contributed by atoms with E-state index in [0.717, 1.165) is 11.1 Å². The molecule has 0 aliphatic carbocycles. The van der Waals surface area contributed by atoms with Crippen molar-refractivity contribution in [1.82, 2.24) is 24.6 Å². The molecule has 1 atom stereocenters. The highest BCUT2D eigenvalue weighted by Crippen LogP contribution is 2.29. The fraction of sp³-hybridized carbons (Fsp3) is 0.417. The number of hydrogen-bond acceptors (Lipinski definition) is 8. The summed E-state index contributed by atoms with van der Waals surface area (Å²) in [5.74, 6) is 0.200. The molecule has 0 spiro atoms. The van der Waals surface area contributed by atoms with Gasteiger partial charge in [-0.25, -0.2) is 18.4 Å². The number of rotatable bonds is 7. The minimum atomic E-state index is -3.30. The lowest BCUT2D eigenvalue weighted by Crippen LogP contribution is -2.47. The maximum atomic E-state index is 11.9. The number of ether oxygens (including phenoxy) is 2. The molecule has 1 amide bonds. The third kappa shape index (κ3) is 5.92. The zero-order valence-corrected chi connectivity index (χ0v) is 21.0. The summed E-state index contributed by atoms with van der Waals surface area (Å²) in [4.78, 5) is 25.0. The molecule has 3 heterocycles. The van der Waals surface area contributed by atoms with Crippen molar-refractivity contribution < 1.29 is 22.7 Å². The van der Waals surface area contributed by atoms with E-state index in [0.29, 0.717) is 35.8 Å². The number of pyridine rings is 1. The van der Waals surface area contributed by atoms with Crippen LogP contribution in [-0.4, -0.2) is 72.2 Å². The molecule has 2 aromatic heterocycles. The Morgan fingerprint density at radius 3 is 2.63 bits per heavy atom. The molecule has 35 heavy (non-hydrogen) atoms. The van der Waals surface area contributed by atoms with Gasteiger partial charge in [0.25, 0.3) is 0 Å². The zero-order chi connectivity index (χ0) is 25.2. The summed E-state index contributed by atoms with van der Waals surface area (Å²) in [7, 11) is -3.30. The second kappa shape index (κ2) is 9.84. The first kappa shape index (κ1) is 25.0. The number of benzene rings is 1. The van der Waals surface area contributed by atoms with Crippen molar-refractivity contribution in [1.29, 1.82) is 0 Å². The van der Waals surface area contributed by atoms with E-state index in [1.807, 2.05) is 44.2 Å². The Labute approximate surface area is 204 Å². The Bertz CT molecular complexity index is 1330. The van der Waals surface area contributed by atoms with Crippen molar-refractivity contribution >= 4 is 27.0 Å². The van der Waals surface area contributed by atoms with Crippen LogP contribution in [0.1, 0.15) is 26.3 Å². The van der Waals surface area contributed by atoms with Crippen LogP contribution in [0.15, 0.2) is 42.7 Å². The summed E-state index contributed by atoms with van der Waals surface area (Å²) < 4.78 is 36.9. The van der Waals surface area contributed by atoms with Gasteiger partial charge in [0.15, 0.2) is 5.52 Å². The normalized spacial score (nSPS) is 17.3. The third-order valence-electron chi connectivity index (χ3n) is 5.79. The topological polar surface area (TPSA) is 124 Å². The van der Waals surface area contributed by atoms with Crippen molar-refractivity contribution in [2.45, 2.75) is 32.4 Å². The molecule has 0 unspecified atom stereocenters. The Balaban J connectivity index is 1.59. The van der Waals surface area contributed by atoms with Crippen LogP contribution in [0.2, 0.25) is 0 Å². The Morgan fingerprint density at radius 2 is 1.94 bits per heavy atom. The van der Waals surface area contributed by atoms with Crippen LogP contribution in [0, 0.1) is 0 Å². The number of morpholine rings is 1. The first-order valence-electron chi connectivity index (χ1n) is 11.2. The molecule has 10 nitrogen and oxygen atoms in total. The van der Waals surface area contributed by atoms with E-state index in [1.54, 1.807) is 12.4 Å². The molecule has 0 saturated carbocycles. The van der Waals surface area contributed by atoms with Gasteiger partial charge in [-0.2, -0.15) is 4.31 Å². The summed E-state index contributed by atoms with van der Waals surface area (Å²) in [5, 5.41) is 2.94. The van der Waals surface area contributed by atoms with Crippen LogP contribution in [0.25, 0.3) is 22.3 Å². The maximum Gasteiger partial charge on any atom is 0.242 e. The predicted octanol–water partition coefficient (Wildman–Crippen LogP) is 2.10. The summed E-state index contributed by atoms with van der Waals surface area (Å²) in [6.07, 6.45) is 3.93. The lowest BCUT2D eigenvalue weighted by Gasteiger charge is -2.30. The largest absolute Gasteiger partial charge is 0.473 e. The van der Waals surface area contributed by atoms with E-state index >= 15 is 0 Å². The second-order valence-electron chi connectivity index (χ2n) is 9.05. The lowest BCUT2D eigenvalue weighted by atomic mass is 9.93. The van der Waals surface area contributed by atoms with Gasteiger partial charge in [0.1, 0.15) is 12.7 Å². The maximum absolute atomic E-state index is 11.9. The molecule has 1 aliphatic rings. The predicted molar refractivity (Wildman–Crippen MR) is 131 cm³/mol. The molecule has 4 rings (SSSR count). The van der Waals surface area contributed by atoms with E-state index in [9.17, 15) is 13.2 Å². The van der Waals surface area contributed by atoms with Crippen molar-refractivity contribution in [2.75, 3.05) is 32.6 Å². The van der Waals surface area contributed by atoms with Gasteiger partial charge >= 0.3 is 0 Å². The summed E-state index contributed by atoms with van der Waals surface area (Å²) in [5.41, 5.74) is 3.08. The van der Waals surface area contributed by atoms with Crippen molar-refractivity contribution in [3.8, 4) is 17.1 Å². The van der Waals surface area contributed by atoms with Gasteiger partial charge in [-0.3, -0.25) is 9.78 Å². The second-order valence-corrected chi connectivity index (χ2v) is 11.0. The fourth-order valence-corrected chi connectivity index (χ4v) is 4.87. The van der Waals surface area contributed by atoms with Gasteiger partial charge in [-0.15, -0.1) is 0 Å². The van der Waals surface area contributed by atoms with Crippen LogP contribution < -0.4 is 10.1 Å². The quantitative estimate of drug-likeness (QED) is 0.524. The monoisotopic (exact) mass is 499 g/mol. The summed E-state index contributed by atoms with van der Waals surface area (Å²) in [6, 6.07) is 9.60. The van der Waals surface area contributed by atoms with Crippen LogP contribution in [-0.2, 0) is 25.1 Å². The van der Waals surface area contributed by atoms with Crippen LogP contribution in [0.3, 0.4) is 0 Å². The fourth-order valence-electron chi connectivity index (χ4n) is 4.03. The number of carbonyl (C=O) groups excluding carboxylic acids is 1. The molecule has 1 aromatic carbocycles. The minimum absolute atomic E-state index is 0.0998. The molecule has 0 radical (unpaired) electrons. The molecular weight excluding hydrogens is 470 g/mol. The number of sulfonamides is 1. The number of fused-ring (bicyclic) bond motifs is 1. The van der Waals surface area contributed by atoms with Gasteiger partial charge in [-0.05, 0) is 25.5 Å². The molecule has 1 N–H and O–H groups in total. The molecule has 0 bridgehead atoms. The van der Waals surface area contributed by atoms with Gasteiger partial charge in [0, 0.05) is 38.0 Å². The number of nitrogens with zero attached hydrogens (tertiary/aromatic N) is 4. The smallest absolute Gasteiger partial charge is 0.242 e. The molecule has 1 fully saturated rings. The third-order valence-corrected chi connectivity index (χ3v) is 7.06. The standard InChI is InChI=1S/C24H29N5O5S/c1-16(30)28-24(2,3)18-7-5-17(6-8-18)20-13-21-22(26-10-9-25-21)23(27-20)34-15-19-14-29(11-12-33-19)35(4,31)32/h5-10,13,19H,11-12,14-15H2,1-4H3,(H,28,30)/t19-/m0/s1. The summed E-state index contributed by atoms with van der Waals surface area (Å²) >= 11 is 0. The average molecular weight is 500 g/mol. The lowest BCUT2D eigenvalue weighted by molar-refractivity contribution is -0.120. The zero-order valence-electron chi connectivity index (χ0n) is 20.2. The van der Waals surface area contributed by atoms with Crippen molar-refractivity contribution in [3.05, 3.63) is 48.3 Å². The molecule has 186 valence electrons. The SMILES string of the molecule is CC(=O)NC(C)(C)c1ccc(-c2cc3nccnc3c(OC[C@@H]3CN(S(C)(=O)=O)CCO3)n2)cc1. The van der Waals surface area contributed by atoms with Gasteiger partial charge in [0.2, 0.25) is 21.8 Å². The first-order valence-corrected chi connectivity index (χ1v) is 13.1. The molecule has 1 saturated heterocycles. The molecular formula is C24H29N5O5S. The first-order chi connectivity index (χ1) is 16.5. The number of hydrogen-bond donors (Lipinski definition) is 1. The molecule has 11 heteroatoms. The van der Waals surface area contributed by atoms with E-state index in [4.69, 9.17) is 9.47 Å². The van der Waals surface area contributed by atoms with Crippen LogP contribution in [0.5, 0.6) is 5.88 Å². The van der Waals surface area contributed by atoms with E-state index in [1.165, 1.54) is 17.5 Å². The van der Waals surface area contributed by atoms with Crippen LogP contribution >= 0.6 is 0 Å². The van der Waals surface area contributed by atoms with Crippen LogP contribution in [0.4, 0.5) is 0 Å². The highest BCUT2D eigenvalue weighted by Gasteiger charge is 2.27. The van der Waals surface area contributed by atoms with E-state index < -0.39 is 21.7 Å². The van der Waals surface area contributed by atoms with Crippen molar-refractivity contribution in [2.24, 2.45) is 0 Å². The highest BCUT2D eigenvalue weighted by atomic mass is 32.2. The van der Waals surface area contributed by atoms with Gasteiger partial charge < -0.3 is 14.8 Å². The Morgan fingerprint density at radius 1 is 1.23 bits per heavy atom. The number of aromatic nitrogens is 3.